The molecule has 2 aromatic heterocycles. The molecule has 1 unspecified atom stereocenters. The number of amides is 1. The number of benzene rings is 1. The van der Waals surface area contributed by atoms with Gasteiger partial charge in [0, 0.05) is 43.4 Å². The van der Waals surface area contributed by atoms with Crippen molar-refractivity contribution in [3.05, 3.63) is 76.6 Å². The fourth-order valence-electron chi connectivity index (χ4n) is 3.87. The minimum Gasteiger partial charge on any atom is -0.507 e. The summed E-state index contributed by atoms with van der Waals surface area (Å²) < 4.78 is 7.48. The van der Waals surface area contributed by atoms with Crippen LogP contribution in [0.2, 0.25) is 0 Å². The predicted octanol–water partition coefficient (Wildman–Crippen LogP) is 3.27. The minimum atomic E-state index is -0.869. The third kappa shape index (κ3) is 4.34. The van der Waals surface area contributed by atoms with Crippen LogP contribution in [0.25, 0.3) is 5.76 Å². The van der Waals surface area contributed by atoms with E-state index in [0.717, 1.165) is 0 Å². The lowest BCUT2D eigenvalue weighted by Crippen LogP contribution is -2.31. The largest absolute Gasteiger partial charge is 0.507 e. The summed E-state index contributed by atoms with van der Waals surface area (Å²) in [5.74, 6) is -1.70. The Labute approximate surface area is 198 Å². The Balaban J connectivity index is 1.79. The van der Waals surface area contributed by atoms with Crippen LogP contribution in [0.4, 0.5) is 0 Å². The number of imidazole rings is 1. The molecule has 3 heterocycles. The molecule has 1 aliphatic heterocycles. The van der Waals surface area contributed by atoms with Crippen LogP contribution in [-0.2, 0) is 16.1 Å². The Bertz CT molecular complexity index is 1210. The number of hydrogen-bond donors (Lipinski definition) is 2. The van der Waals surface area contributed by atoms with Crippen molar-refractivity contribution in [2.24, 2.45) is 0 Å². The van der Waals surface area contributed by atoms with E-state index < -0.39 is 17.7 Å². The summed E-state index contributed by atoms with van der Waals surface area (Å²) >= 11 is 3.30. The van der Waals surface area contributed by atoms with Crippen molar-refractivity contribution in [3.8, 4) is 11.5 Å². The predicted molar refractivity (Wildman–Crippen MR) is 122 cm³/mol. The summed E-state index contributed by atoms with van der Waals surface area (Å²) in [5.41, 5.74) is 0.846. The first-order valence-corrected chi connectivity index (χ1v) is 10.9. The van der Waals surface area contributed by atoms with Gasteiger partial charge in [-0.05, 0) is 52.2 Å². The van der Waals surface area contributed by atoms with Crippen molar-refractivity contribution < 1.29 is 24.5 Å². The zero-order valence-electron chi connectivity index (χ0n) is 17.7. The first-order valence-electron chi connectivity index (χ1n) is 10.1. The van der Waals surface area contributed by atoms with E-state index in [2.05, 4.69) is 25.9 Å². The van der Waals surface area contributed by atoms with Crippen LogP contribution in [0.1, 0.15) is 23.6 Å². The second-order valence-electron chi connectivity index (χ2n) is 7.44. The van der Waals surface area contributed by atoms with Gasteiger partial charge in [-0.15, -0.1) is 0 Å². The molecule has 0 radical (unpaired) electrons. The average molecular weight is 513 g/mol. The van der Waals surface area contributed by atoms with Crippen molar-refractivity contribution in [2.45, 2.75) is 19.0 Å². The van der Waals surface area contributed by atoms with Crippen LogP contribution in [0.15, 0.2) is 65.4 Å². The van der Waals surface area contributed by atoms with E-state index in [0.29, 0.717) is 28.6 Å². The Hall–Kier alpha value is -3.66. The SMILES string of the molecule is COc1cc(C2C(=C(O)c3ccncc3)C(=O)C(=O)N2CCCn2ccnc2)cc(Br)c1O. The number of aryl methyl sites for hydroxylation is 1. The van der Waals surface area contributed by atoms with Crippen molar-refractivity contribution >= 4 is 33.4 Å². The van der Waals surface area contributed by atoms with Crippen LogP contribution >= 0.6 is 15.9 Å². The smallest absolute Gasteiger partial charge is 0.295 e. The van der Waals surface area contributed by atoms with Gasteiger partial charge in [-0.2, -0.15) is 0 Å². The van der Waals surface area contributed by atoms with Crippen LogP contribution in [-0.4, -0.2) is 55.0 Å². The number of nitrogens with zero attached hydrogens (tertiary/aromatic N) is 4. The fourth-order valence-corrected chi connectivity index (χ4v) is 4.33. The molecule has 1 aromatic carbocycles. The fraction of sp³-hybridized carbons (Fsp3) is 0.217. The molecule has 170 valence electrons. The normalized spacial score (nSPS) is 17.5. The molecule has 3 aromatic rings. The third-order valence-corrected chi connectivity index (χ3v) is 6.06. The number of rotatable bonds is 7. The number of aliphatic hydroxyl groups excluding tert-OH is 1. The topological polar surface area (TPSA) is 118 Å². The van der Waals surface area contributed by atoms with Crippen LogP contribution < -0.4 is 4.74 Å². The molecule has 1 amide bonds. The number of halogens is 1. The number of aliphatic hydroxyl groups is 1. The van der Waals surface area contributed by atoms with Gasteiger partial charge in [0.25, 0.3) is 11.7 Å². The maximum Gasteiger partial charge on any atom is 0.295 e. The van der Waals surface area contributed by atoms with E-state index in [4.69, 9.17) is 4.74 Å². The number of aromatic hydroxyl groups is 1. The number of phenols is 1. The highest BCUT2D eigenvalue weighted by atomic mass is 79.9. The molecule has 10 heteroatoms. The molecule has 1 aliphatic rings. The van der Waals surface area contributed by atoms with Crippen molar-refractivity contribution in [1.29, 1.82) is 0 Å². The Morgan fingerprint density at radius 1 is 1.15 bits per heavy atom. The first kappa shape index (κ1) is 22.5. The zero-order valence-corrected chi connectivity index (χ0v) is 19.3. The van der Waals surface area contributed by atoms with E-state index in [1.54, 1.807) is 36.8 Å². The molecule has 1 atom stereocenters. The van der Waals surface area contributed by atoms with E-state index in [1.807, 2.05) is 10.8 Å². The summed E-state index contributed by atoms with van der Waals surface area (Å²) in [7, 11) is 1.41. The molecular weight excluding hydrogens is 492 g/mol. The van der Waals surface area contributed by atoms with Gasteiger partial charge in [0.1, 0.15) is 5.76 Å². The Morgan fingerprint density at radius 2 is 1.91 bits per heavy atom. The van der Waals surface area contributed by atoms with Gasteiger partial charge in [0.15, 0.2) is 11.5 Å². The standard InChI is InChI=1S/C23H21BrN4O5/c1-33-17-12-15(11-16(24)21(17)30)19-18(20(29)14-3-5-25-6-4-14)22(31)23(32)28(19)9-2-8-27-10-7-26-13-27/h3-7,10-13,19,29-30H,2,8-9H2,1H3. The minimum absolute atomic E-state index is 0.0338. The number of carbonyl (C=O) groups excluding carboxylic acids is 2. The maximum absolute atomic E-state index is 13.1. The van der Waals surface area contributed by atoms with Gasteiger partial charge in [-0.1, -0.05) is 0 Å². The van der Waals surface area contributed by atoms with Gasteiger partial charge in [0.2, 0.25) is 0 Å². The number of ether oxygens (including phenoxy) is 1. The molecule has 2 N–H and O–H groups in total. The average Bonchev–Trinajstić information content (AvgIpc) is 3.43. The highest BCUT2D eigenvalue weighted by molar-refractivity contribution is 9.10. The molecular formula is C23H21BrN4O5. The molecule has 9 nitrogen and oxygen atoms in total. The lowest BCUT2D eigenvalue weighted by Gasteiger charge is -2.26. The second-order valence-corrected chi connectivity index (χ2v) is 8.29. The van der Waals surface area contributed by atoms with Crippen molar-refractivity contribution in [3.63, 3.8) is 0 Å². The number of carbonyl (C=O) groups is 2. The van der Waals surface area contributed by atoms with E-state index in [9.17, 15) is 19.8 Å². The summed E-state index contributed by atoms with van der Waals surface area (Å²) in [6.07, 6.45) is 8.71. The molecule has 0 saturated carbocycles. The van der Waals surface area contributed by atoms with E-state index in [1.165, 1.54) is 24.4 Å². The molecule has 33 heavy (non-hydrogen) atoms. The van der Waals surface area contributed by atoms with Gasteiger partial charge in [-0.3, -0.25) is 14.6 Å². The highest BCUT2D eigenvalue weighted by Gasteiger charge is 2.46. The lowest BCUT2D eigenvalue weighted by atomic mass is 9.95. The third-order valence-electron chi connectivity index (χ3n) is 5.45. The Kier molecular flexibility index (Phi) is 6.45. The first-order chi connectivity index (χ1) is 15.9. The molecule has 0 spiro atoms. The number of aromatic nitrogens is 3. The summed E-state index contributed by atoms with van der Waals surface area (Å²) in [6, 6.07) is 5.42. The van der Waals surface area contributed by atoms with Gasteiger partial charge in [0.05, 0.1) is 29.5 Å². The van der Waals surface area contributed by atoms with Crippen molar-refractivity contribution in [1.82, 2.24) is 19.4 Å². The Morgan fingerprint density at radius 3 is 2.58 bits per heavy atom. The van der Waals surface area contributed by atoms with Gasteiger partial charge >= 0.3 is 0 Å². The van der Waals surface area contributed by atoms with Gasteiger partial charge < -0.3 is 24.4 Å². The van der Waals surface area contributed by atoms with E-state index in [-0.39, 0.29) is 29.4 Å². The number of pyridine rings is 1. The zero-order chi connectivity index (χ0) is 23.5. The molecule has 4 rings (SSSR count). The number of methoxy groups -OCH3 is 1. The number of likely N-dealkylation sites (tertiary alicyclic amines) is 1. The lowest BCUT2D eigenvalue weighted by molar-refractivity contribution is -0.139. The van der Waals surface area contributed by atoms with Gasteiger partial charge in [-0.25, -0.2) is 4.98 Å². The number of Topliss-reactive ketones (excluding diaryl/α,β-unsaturated/α-hetero) is 1. The highest BCUT2D eigenvalue weighted by Crippen LogP contribution is 2.44. The van der Waals surface area contributed by atoms with Crippen LogP contribution in [0, 0.1) is 0 Å². The quantitative estimate of drug-likeness (QED) is 0.283. The van der Waals surface area contributed by atoms with Crippen LogP contribution in [0.3, 0.4) is 0 Å². The molecule has 0 aliphatic carbocycles. The molecule has 1 saturated heterocycles. The maximum atomic E-state index is 13.1. The van der Waals surface area contributed by atoms with Crippen LogP contribution in [0.5, 0.6) is 11.5 Å². The molecule has 0 bridgehead atoms. The number of ketones is 1. The monoisotopic (exact) mass is 512 g/mol. The second kappa shape index (κ2) is 9.45. The summed E-state index contributed by atoms with van der Waals surface area (Å²) in [4.78, 5) is 35.5. The summed E-state index contributed by atoms with van der Waals surface area (Å²) in [6.45, 7) is 0.865. The number of phenolic OH excluding ortho intramolecular Hbond substituents is 1. The van der Waals surface area contributed by atoms with E-state index >= 15 is 0 Å². The molecule has 1 fully saturated rings. The number of hydrogen-bond acceptors (Lipinski definition) is 7. The summed E-state index contributed by atoms with van der Waals surface area (Å²) in [5, 5.41) is 21.3. The van der Waals surface area contributed by atoms with Crippen molar-refractivity contribution in [2.75, 3.05) is 13.7 Å².